The second-order valence-corrected chi connectivity index (χ2v) is 4.84. The van der Waals surface area contributed by atoms with Crippen molar-refractivity contribution in [1.82, 2.24) is 4.90 Å². The van der Waals surface area contributed by atoms with E-state index in [2.05, 4.69) is 18.8 Å². The van der Waals surface area contributed by atoms with Gasteiger partial charge in [0.05, 0.1) is 6.54 Å². The number of aliphatic hydroxyl groups excluding tert-OH is 1. The molecule has 1 rings (SSSR count). The van der Waals surface area contributed by atoms with Gasteiger partial charge in [-0.25, -0.2) is 4.39 Å². The van der Waals surface area contributed by atoms with Crippen LogP contribution in [0.1, 0.15) is 30.9 Å². The van der Waals surface area contributed by atoms with Gasteiger partial charge in [0.25, 0.3) is 0 Å². The lowest BCUT2D eigenvalue weighted by atomic mass is 10.1. The molecule has 0 saturated heterocycles. The molecule has 1 amide bonds. The average Bonchev–Trinajstić information content (AvgIpc) is 2.41. The number of hydrogen-bond acceptors (Lipinski definition) is 3. The first kappa shape index (κ1) is 17.2. The highest BCUT2D eigenvalue weighted by Crippen LogP contribution is 2.12. The van der Waals surface area contributed by atoms with Crippen molar-refractivity contribution in [2.75, 3.05) is 19.7 Å². The Labute approximate surface area is 124 Å². The van der Waals surface area contributed by atoms with E-state index < -0.39 is 5.91 Å². The number of nitrogens with two attached hydrogens (primary N) is 1. The molecule has 0 aliphatic carbocycles. The van der Waals surface area contributed by atoms with Crippen LogP contribution in [0.4, 0.5) is 4.39 Å². The molecule has 4 nitrogen and oxygen atoms in total. The van der Waals surface area contributed by atoms with Crippen LogP contribution in [0.5, 0.6) is 0 Å². The molecule has 0 atom stereocenters. The number of benzene rings is 1. The Balaban J connectivity index is 2.86. The number of rotatable bonds is 7. The molecule has 0 fully saturated rings. The van der Waals surface area contributed by atoms with Crippen molar-refractivity contribution in [3.8, 4) is 11.8 Å². The molecule has 114 valence electrons. The van der Waals surface area contributed by atoms with Gasteiger partial charge in [0.2, 0.25) is 5.91 Å². The van der Waals surface area contributed by atoms with E-state index in [-0.39, 0.29) is 19.0 Å². The first-order valence-electron chi connectivity index (χ1n) is 6.95. The van der Waals surface area contributed by atoms with Crippen LogP contribution < -0.4 is 5.73 Å². The highest BCUT2D eigenvalue weighted by Gasteiger charge is 2.10. The van der Waals surface area contributed by atoms with Crippen molar-refractivity contribution < 1.29 is 14.3 Å². The van der Waals surface area contributed by atoms with Gasteiger partial charge in [-0.2, -0.15) is 0 Å². The van der Waals surface area contributed by atoms with Gasteiger partial charge in [-0.1, -0.05) is 25.2 Å². The van der Waals surface area contributed by atoms with Gasteiger partial charge in [-0.3, -0.25) is 9.69 Å². The Morgan fingerprint density at radius 2 is 2.19 bits per heavy atom. The summed E-state index contributed by atoms with van der Waals surface area (Å²) in [6.45, 7) is 3.11. The van der Waals surface area contributed by atoms with Crippen molar-refractivity contribution >= 4 is 5.91 Å². The molecule has 0 heterocycles. The molecule has 5 heteroatoms. The van der Waals surface area contributed by atoms with Crippen LogP contribution >= 0.6 is 0 Å². The average molecular weight is 292 g/mol. The van der Waals surface area contributed by atoms with E-state index in [0.717, 1.165) is 24.9 Å². The number of nitrogens with zero attached hydrogens (tertiary/aromatic N) is 1. The highest BCUT2D eigenvalue weighted by molar-refractivity contribution is 5.75. The zero-order chi connectivity index (χ0) is 15.7. The van der Waals surface area contributed by atoms with E-state index >= 15 is 0 Å². The van der Waals surface area contributed by atoms with E-state index in [0.29, 0.717) is 12.1 Å². The van der Waals surface area contributed by atoms with Gasteiger partial charge >= 0.3 is 0 Å². The number of amides is 1. The van der Waals surface area contributed by atoms with E-state index in [9.17, 15) is 9.18 Å². The van der Waals surface area contributed by atoms with Crippen LogP contribution in [-0.2, 0) is 11.3 Å². The zero-order valence-electron chi connectivity index (χ0n) is 12.2. The van der Waals surface area contributed by atoms with Gasteiger partial charge < -0.3 is 10.8 Å². The van der Waals surface area contributed by atoms with Crippen LogP contribution in [0.2, 0.25) is 0 Å². The molecule has 0 radical (unpaired) electrons. The van der Waals surface area contributed by atoms with Gasteiger partial charge in [0.1, 0.15) is 12.4 Å². The third kappa shape index (κ3) is 6.89. The molecule has 0 aliphatic heterocycles. The quantitative estimate of drug-likeness (QED) is 0.744. The summed E-state index contributed by atoms with van der Waals surface area (Å²) in [4.78, 5) is 13.0. The number of unbranched alkanes of at least 4 members (excludes halogenated alkanes) is 1. The molecule has 3 N–H and O–H groups in total. The fraction of sp³-hybridized carbons (Fsp3) is 0.438. The summed E-state index contributed by atoms with van der Waals surface area (Å²) < 4.78 is 13.6. The minimum absolute atomic E-state index is 0.147. The number of carbonyl (C=O) groups excluding carboxylic acids is 1. The number of halogens is 1. The van der Waals surface area contributed by atoms with Crippen molar-refractivity contribution in [2.45, 2.75) is 26.3 Å². The number of hydrogen-bond donors (Lipinski definition) is 2. The van der Waals surface area contributed by atoms with E-state index in [4.69, 9.17) is 10.8 Å². The van der Waals surface area contributed by atoms with Crippen molar-refractivity contribution in [2.24, 2.45) is 5.73 Å². The van der Waals surface area contributed by atoms with Crippen LogP contribution in [0.15, 0.2) is 18.2 Å². The first-order chi connectivity index (χ1) is 10.0. The van der Waals surface area contributed by atoms with Gasteiger partial charge in [0.15, 0.2) is 0 Å². The first-order valence-corrected chi connectivity index (χ1v) is 6.95. The van der Waals surface area contributed by atoms with E-state index in [1.165, 1.54) is 12.1 Å². The van der Waals surface area contributed by atoms with Gasteiger partial charge in [0, 0.05) is 12.1 Å². The van der Waals surface area contributed by atoms with Gasteiger partial charge in [-0.05, 0) is 36.7 Å². The lowest BCUT2D eigenvalue weighted by Gasteiger charge is -2.20. The molecule has 1 aromatic rings. The van der Waals surface area contributed by atoms with E-state index in [1.54, 1.807) is 6.07 Å². The lowest BCUT2D eigenvalue weighted by molar-refractivity contribution is -0.119. The Hall–Kier alpha value is -1.90. The van der Waals surface area contributed by atoms with Crippen molar-refractivity contribution in [3.63, 3.8) is 0 Å². The molecule has 0 unspecified atom stereocenters. The predicted octanol–water partition coefficient (Wildman–Crippen LogP) is 1.26. The molecule has 1 aromatic carbocycles. The maximum Gasteiger partial charge on any atom is 0.231 e. The second kappa shape index (κ2) is 9.11. The van der Waals surface area contributed by atoms with Crippen molar-refractivity contribution in [1.29, 1.82) is 0 Å². The molecule has 0 bridgehead atoms. The minimum Gasteiger partial charge on any atom is -0.384 e. The summed E-state index contributed by atoms with van der Waals surface area (Å²) in [7, 11) is 0. The molecule has 0 aromatic heterocycles. The topological polar surface area (TPSA) is 66.6 Å². The smallest absolute Gasteiger partial charge is 0.231 e. The SMILES string of the molecule is CCCCN(CC(N)=O)Cc1cc(F)cc(C#CCO)c1. The number of carbonyl (C=O) groups is 1. The number of aliphatic hydroxyl groups is 1. The predicted molar refractivity (Wildman–Crippen MR) is 79.7 cm³/mol. The molecule has 21 heavy (non-hydrogen) atoms. The second-order valence-electron chi connectivity index (χ2n) is 4.84. The fourth-order valence-corrected chi connectivity index (χ4v) is 2.03. The third-order valence-electron chi connectivity index (χ3n) is 2.88. The Morgan fingerprint density at radius 1 is 1.43 bits per heavy atom. The molecular weight excluding hydrogens is 271 g/mol. The summed E-state index contributed by atoms with van der Waals surface area (Å²) in [5.74, 6) is 4.39. The summed E-state index contributed by atoms with van der Waals surface area (Å²) in [5.41, 5.74) is 6.48. The molecule has 0 spiro atoms. The van der Waals surface area contributed by atoms with Crippen LogP contribution in [0.25, 0.3) is 0 Å². The summed E-state index contributed by atoms with van der Waals surface area (Å²) in [5, 5.41) is 8.68. The summed E-state index contributed by atoms with van der Waals surface area (Å²) in [6, 6.07) is 4.49. The van der Waals surface area contributed by atoms with E-state index in [1.807, 2.05) is 4.90 Å². The van der Waals surface area contributed by atoms with Crippen LogP contribution in [-0.4, -0.2) is 35.6 Å². The Bertz CT molecular complexity index is 535. The monoisotopic (exact) mass is 292 g/mol. The minimum atomic E-state index is -0.400. The molecule has 0 saturated carbocycles. The summed E-state index contributed by atoms with van der Waals surface area (Å²) >= 11 is 0. The molecule has 0 aliphatic rings. The standard InChI is InChI=1S/C16H21FN2O2/c1-2-3-6-19(12-16(18)21)11-14-8-13(5-4-7-20)9-15(17)10-14/h8-10,20H,2-3,6-7,11-12H2,1H3,(H2,18,21). The maximum absolute atomic E-state index is 13.6. The highest BCUT2D eigenvalue weighted by atomic mass is 19.1. The van der Waals surface area contributed by atoms with Crippen LogP contribution in [0.3, 0.4) is 0 Å². The number of primary amides is 1. The van der Waals surface area contributed by atoms with Crippen LogP contribution in [0, 0.1) is 17.7 Å². The largest absolute Gasteiger partial charge is 0.384 e. The Morgan fingerprint density at radius 3 is 2.81 bits per heavy atom. The summed E-state index contributed by atoms with van der Waals surface area (Å²) in [6.07, 6.45) is 1.95. The lowest BCUT2D eigenvalue weighted by Crippen LogP contribution is -2.34. The third-order valence-corrected chi connectivity index (χ3v) is 2.88. The Kier molecular flexibility index (Phi) is 7.44. The maximum atomic E-state index is 13.6. The van der Waals surface area contributed by atoms with Gasteiger partial charge in [-0.15, -0.1) is 0 Å². The normalized spacial score (nSPS) is 10.3. The van der Waals surface area contributed by atoms with Crippen molar-refractivity contribution in [3.05, 3.63) is 35.1 Å². The molecular formula is C16H21FN2O2. The zero-order valence-corrected chi connectivity index (χ0v) is 12.2. The fourth-order valence-electron chi connectivity index (χ4n) is 2.03.